The van der Waals surface area contributed by atoms with Crippen molar-refractivity contribution in [3.05, 3.63) is 47.0 Å². The Hall–Kier alpha value is -2.89. The maximum atomic E-state index is 11.7. The van der Waals surface area contributed by atoms with E-state index in [2.05, 4.69) is 0 Å². The highest BCUT2D eigenvalue weighted by Crippen LogP contribution is 2.52. The topological polar surface area (TPSA) is 118 Å². The van der Waals surface area contributed by atoms with Crippen LogP contribution in [0.15, 0.2) is 30.3 Å². The molecule has 23 heavy (non-hydrogen) atoms. The maximum absolute atomic E-state index is 11.7. The first-order valence-corrected chi connectivity index (χ1v) is 7.11. The lowest BCUT2D eigenvalue weighted by molar-refractivity contribution is -0.142. The molecule has 3 rings (SSSR count). The summed E-state index contributed by atoms with van der Waals surface area (Å²) in [6, 6.07) is 6.90. The monoisotopic (exact) mass is 316 g/mol. The van der Waals surface area contributed by atoms with E-state index in [0.717, 1.165) is 0 Å². The minimum Gasteiger partial charge on any atom is -0.504 e. The van der Waals surface area contributed by atoms with Gasteiger partial charge in [-0.15, -0.1) is 0 Å². The first-order valence-electron chi connectivity index (χ1n) is 7.11. The molecule has 0 bridgehead atoms. The van der Waals surface area contributed by atoms with E-state index in [1.54, 1.807) is 13.0 Å². The van der Waals surface area contributed by atoms with Crippen molar-refractivity contribution in [1.82, 2.24) is 0 Å². The summed E-state index contributed by atoms with van der Waals surface area (Å²) in [5, 5.41) is 48.2. The predicted octanol–water partition coefficient (Wildman–Crippen LogP) is 2.46. The summed E-state index contributed by atoms with van der Waals surface area (Å²) in [4.78, 5) is 11.7. The molecule has 0 fully saturated rings. The van der Waals surface area contributed by atoms with E-state index in [4.69, 9.17) is 0 Å². The zero-order valence-corrected chi connectivity index (χ0v) is 12.3. The Bertz CT molecular complexity index is 798. The van der Waals surface area contributed by atoms with Gasteiger partial charge in [-0.05, 0) is 46.9 Å². The molecule has 6 nitrogen and oxygen atoms in total. The summed E-state index contributed by atoms with van der Waals surface area (Å²) in [5.41, 5.74) is 1.75. The fourth-order valence-electron chi connectivity index (χ4n) is 3.43. The SMILES string of the molecule is CC1c2cc(O)c(O)cc2C(c2ccc(O)c(O)c2)C1C(=O)O. The lowest BCUT2D eigenvalue weighted by Gasteiger charge is -2.20. The number of phenols is 4. The van der Waals surface area contributed by atoms with Gasteiger partial charge in [0.15, 0.2) is 23.0 Å². The summed E-state index contributed by atoms with van der Waals surface area (Å²) < 4.78 is 0. The van der Waals surface area contributed by atoms with E-state index < -0.39 is 17.8 Å². The molecule has 2 aromatic carbocycles. The number of aromatic hydroxyl groups is 4. The molecule has 0 heterocycles. The first kappa shape index (κ1) is 15.0. The lowest BCUT2D eigenvalue weighted by Crippen LogP contribution is -2.21. The number of aliphatic carboxylic acids is 1. The molecule has 0 aliphatic heterocycles. The summed E-state index contributed by atoms with van der Waals surface area (Å²) in [5.74, 6) is -4.05. The van der Waals surface area contributed by atoms with Crippen LogP contribution in [0.3, 0.4) is 0 Å². The van der Waals surface area contributed by atoms with Crippen LogP contribution in [-0.2, 0) is 4.79 Å². The standard InChI is InChI=1S/C17H16O6/c1-7-9-5-13(20)14(21)6-10(9)16(15(7)17(22)23)8-2-3-11(18)12(19)4-8/h2-7,15-16,18-21H,1H3,(H,22,23). The second-order valence-electron chi connectivity index (χ2n) is 5.85. The number of carboxylic acid groups (broad SMARTS) is 1. The van der Waals surface area contributed by atoms with Gasteiger partial charge < -0.3 is 25.5 Å². The molecule has 1 aliphatic rings. The van der Waals surface area contributed by atoms with Gasteiger partial charge in [-0.25, -0.2) is 0 Å². The first-order chi connectivity index (χ1) is 10.8. The molecule has 0 aromatic heterocycles. The number of hydrogen-bond acceptors (Lipinski definition) is 5. The molecule has 0 saturated carbocycles. The Morgan fingerprint density at radius 2 is 1.43 bits per heavy atom. The quantitative estimate of drug-likeness (QED) is 0.543. The fraction of sp³-hybridized carbons (Fsp3) is 0.235. The molecule has 0 spiro atoms. The van der Waals surface area contributed by atoms with E-state index >= 15 is 0 Å². The molecule has 1 aliphatic carbocycles. The number of hydrogen-bond donors (Lipinski definition) is 5. The van der Waals surface area contributed by atoms with Crippen molar-refractivity contribution in [2.24, 2.45) is 5.92 Å². The molecular weight excluding hydrogens is 300 g/mol. The molecule has 0 radical (unpaired) electrons. The highest BCUT2D eigenvalue weighted by atomic mass is 16.4. The van der Waals surface area contributed by atoms with Crippen molar-refractivity contribution in [2.45, 2.75) is 18.8 Å². The molecule has 3 unspecified atom stereocenters. The highest BCUT2D eigenvalue weighted by Gasteiger charge is 2.44. The molecule has 5 N–H and O–H groups in total. The average Bonchev–Trinajstić information content (AvgIpc) is 2.76. The number of fused-ring (bicyclic) bond motifs is 1. The van der Waals surface area contributed by atoms with Crippen molar-refractivity contribution in [3.8, 4) is 23.0 Å². The fourth-order valence-corrected chi connectivity index (χ4v) is 3.43. The normalized spacial score (nSPS) is 22.7. The van der Waals surface area contributed by atoms with Gasteiger partial charge in [0, 0.05) is 5.92 Å². The zero-order chi connectivity index (χ0) is 16.9. The van der Waals surface area contributed by atoms with Crippen LogP contribution in [0.2, 0.25) is 0 Å². The molecule has 0 saturated heterocycles. The smallest absolute Gasteiger partial charge is 0.308 e. The van der Waals surface area contributed by atoms with Crippen LogP contribution in [-0.4, -0.2) is 31.5 Å². The molecule has 3 atom stereocenters. The summed E-state index contributed by atoms with van der Waals surface area (Å²) in [6.07, 6.45) is 0. The molecule has 2 aromatic rings. The van der Waals surface area contributed by atoms with Gasteiger partial charge in [0.2, 0.25) is 0 Å². The lowest BCUT2D eigenvalue weighted by atomic mass is 9.83. The minimum atomic E-state index is -1.01. The number of carboxylic acids is 1. The molecule has 6 heteroatoms. The molecule has 120 valence electrons. The third-order valence-electron chi connectivity index (χ3n) is 4.55. The van der Waals surface area contributed by atoms with E-state index in [1.165, 1.54) is 24.3 Å². The Labute approximate surface area is 131 Å². The van der Waals surface area contributed by atoms with Crippen LogP contribution in [0.4, 0.5) is 0 Å². The van der Waals surface area contributed by atoms with Gasteiger partial charge in [-0.1, -0.05) is 13.0 Å². The number of rotatable bonds is 2. The van der Waals surface area contributed by atoms with E-state index in [-0.39, 0.29) is 28.9 Å². The van der Waals surface area contributed by atoms with Crippen LogP contribution in [0.5, 0.6) is 23.0 Å². The predicted molar refractivity (Wildman–Crippen MR) is 80.9 cm³/mol. The molecular formula is C17H16O6. The van der Waals surface area contributed by atoms with E-state index in [1.807, 2.05) is 0 Å². The van der Waals surface area contributed by atoms with Crippen LogP contribution >= 0.6 is 0 Å². The van der Waals surface area contributed by atoms with Gasteiger partial charge >= 0.3 is 5.97 Å². The van der Waals surface area contributed by atoms with Crippen LogP contribution < -0.4 is 0 Å². The average molecular weight is 316 g/mol. The van der Waals surface area contributed by atoms with Gasteiger partial charge in [0.25, 0.3) is 0 Å². The number of benzene rings is 2. The van der Waals surface area contributed by atoms with Crippen molar-refractivity contribution >= 4 is 5.97 Å². The van der Waals surface area contributed by atoms with Gasteiger partial charge in [0.05, 0.1) is 5.92 Å². The van der Waals surface area contributed by atoms with Crippen LogP contribution in [0.1, 0.15) is 35.4 Å². The van der Waals surface area contributed by atoms with E-state index in [0.29, 0.717) is 16.7 Å². The third-order valence-corrected chi connectivity index (χ3v) is 4.55. The maximum Gasteiger partial charge on any atom is 0.308 e. The minimum absolute atomic E-state index is 0.291. The summed E-state index contributed by atoms with van der Waals surface area (Å²) in [6.45, 7) is 1.74. The molecule has 0 amide bonds. The summed E-state index contributed by atoms with van der Waals surface area (Å²) in [7, 11) is 0. The Balaban J connectivity index is 2.22. The summed E-state index contributed by atoms with van der Waals surface area (Å²) >= 11 is 0. The van der Waals surface area contributed by atoms with Crippen molar-refractivity contribution in [2.75, 3.05) is 0 Å². The van der Waals surface area contributed by atoms with Crippen LogP contribution in [0, 0.1) is 5.92 Å². The van der Waals surface area contributed by atoms with Gasteiger partial charge in [-0.2, -0.15) is 0 Å². The second-order valence-corrected chi connectivity index (χ2v) is 5.85. The van der Waals surface area contributed by atoms with Gasteiger partial charge in [-0.3, -0.25) is 4.79 Å². The Kier molecular flexibility index (Phi) is 3.32. The number of carbonyl (C=O) groups is 1. The van der Waals surface area contributed by atoms with Gasteiger partial charge in [0.1, 0.15) is 0 Å². The van der Waals surface area contributed by atoms with Crippen molar-refractivity contribution in [3.63, 3.8) is 0 Å². The largest absolute Gasteiger partial charge is 0.504 e. The van der Waals surface area contributed by atoms with Crippen molar-refractivity contribution < 1.29 is 30.3 Å². The second kappa shape index (κ2) is 5.08. The Morgan fingerprint density at radius 1 is 0.870 bits per heavy atom. The third kappa shape index (κ3) is 2.23. The van der Waals surface area contributed by atoms with Crippen LogP contribution in [0.25, 0.3) is 0 Å². The number of phenolic OH excluding ortho intramolecular Hbond substituents is 4. The highest BCUT2D eigenvalue weighted by molar-refractivity contribution is 5.77. The van der Waals surface area contributed by atoms with E-state index in [9.17, 15) is 30.3 Å². The Morgan fingerprint density at radius 3 is 2.00 bits per heavy atom. The van der Waals surface area contributed by atoms with Crippen molar-refractivity contribution in [1.29, 1.82) is 0 Å². The zero-order valence-electron chi connectivity index (χ0n) is 12.3.